The van der Waals surface area contributed by atoms with Crippen molar-refractivity contribution in [2.45, 2.75) is 13.3 Å². The lowest BCUT2D eigenvalue weighted by Crippen LogP contribution is -1.96. The van der Waals surface area contributed by atoms with Crippen LogP contribution in [-0.4, -0.2) is 14.4 Å². The third-order valence-electron chi connectivity index (χ3n) is 4.07. The summed E-state index contributed by atoms with van der Waals surface area (Å²) in [6.07, 6.45) is 6.45. The van der Waals surface area contributed by atoms with Crippen molar-refractivity contribution in [1.82, 2.24) is 14.4 Å². The zero-order valence-electron chi connectivity index (χ0n) is 13.0. The lowest BCUT2D eigenvalue weighted by atomic mass is 10.0. The Kier molecular flexibility index (Phi) is 3.39. The highest BCUT2D eigenvalue weighted by atomic mass is 15.0. The average Bonchev–Trinajstić information content (AvgIpc) is 2.95. The van der Waals surface area contributed by atoms with E-state index in [1.807, 2.05) is 24.7 Å². The highest BCUT2D eigenvalue weighted by Crippen LogP contribution is 2.26. The maximum absolute atomic E-state index is 4.81. The number of hydrogen-bond acceptors (Lipinski definition) is 2. The molecule has 0 aliphatic heterocycles. The molecule has 0 atom stereocenters. The SMILES string of the molecule is Cc1ccc(-c2nc3cnccn3c2Cc2ccccc2)cc1.[HH]. The molecule has 0 saturated carbocycles. The molecule has 0 aliphatic rings. The van der Waals surface area contributed by atoms with Crippen molar-refractivity contribution in [1.29, 1.82) is 0 Å². The van der Waals surface area contributed by atoms with E-state index in [1.165, 1.54) is 16.8 Å². The van der Waals surface area contributed by atoms with Gasteiger partial charge in [0.2, 0.25) is 0 Å². The van der Waals surface area contributed by atoms with Crippen LogP contribution in [0.5, 0.6) is 0 Å². The maximum Gasteiger partial charge on any atom is 0.156 e. The van der Waals surface area contributed by atoms with Gasteiger partial charge in [-0.15, -0.1) is 0 Å². The van der Waals surface area contributed by atoms with Gasteiger partial charge in [0.05, 0.1) is 17.6 Å². The Morgan fingerprint density at radius 3 is 2.57 bits per heavy atom. The Balaban J connectivity index is 0.00000169. The van der Waals surface area contributed by atoms with Gasteiger partial charge in [-0.2, -0.15) is 0 Å². The largest absolute Gasteiger partial charge is 0.300 e. The number of benzene rings is 2. The molecule has 2 heterocycles. The van der Waals surface area contributed by atoms with Crippen LogP contribution in [0.2, 0.25) is 0 Å². The highest BCUT2D eigenvalue weighted by molar-refractivity contribution is 5.67. The third-order valence-corrected chi connectivity index (χ3v) is 4.07. The Morgan fingerprint density at radius 1 is 1.00 bits per heavy atom. The van der Waals surface area contributed by atoms with E-state index in [4.69, 9.17) is 4.98 Å². The number of fused-ring (bicyclic) bond motifs is 1. The van der Waals surface area contributed by atoms with Crippen molar-refractivity contribution in [3.8, 4) is 11.3 Å². The third kappa shape index (κ3) is 2.61. The van der Waals surface area contributed by atoms with E-state index in [9.17, 15) is 0 Å². The molecule has 114 valence electrons. The highest BCUT2D eigenvalue weighted by Gasteiger charge is 2.14. The molecule has 0 saturated heterocycles. The summed E-state index contributed by atoms with van der Waals surface area (Å²) in [7, 11) is 0. The zero-order chi connectivity index (χ0) is 15.6. The van der Waals surface area contributed by atoms with Crippen molar-refractivity contribution in [2.75, 3.05) is 0 Å². The van der Waals surface area contributed by atoms with Crippen molar-refractivity contribution in [3.05, 3.63) is 90.0 Å². The molecule has 0 N–H and O–H groups in total. The minimum atomic E-state index is 0. The minimum absolute atomic E-state index is 0. The summed E-state index contributed by atoms with van der Waals surface area (Å²) < 4.78 is 2.13. The van der Waals surface area contributed by atoms with Gasteiger partial charge < -0.3 is 4.40 Å². The number of rotatable bonds is 3. The van der Waals surface area contributed by atoms with Crippen LogP contribution in [-0.2, 0) is 6.42 Å². The van der Waals surface area contributed by atoms with Crippen LogP contribution in [0.1, 0.15) is 18.2 Å². The van der Waals surface area contributed by atoms with Gasteiger partial charge in [-0.05, 0) is 12.5 Å². The lowest BCUT2D eigenvalue weighted by Gasteiger charge is -2.06. The van der Waals surface area contributed by atoms with Gasteiger partial charge in [-0.1, -0.05) is 60.2 Å². The van der Waals surface area contributed by atoms with E-state index in [-0.39, 0.29) is 1.43 Å². The molecular weight excluding hydrogens is 282 g/mol. The minimum Gasteiger partial charge on any atom is -0.300 e. The molecule has 4 rings (SSSR count). The molecule has 3 heteroatoms. The number of aryl methyl sites for hydroxylation is 1. The predicted octanol–water partition coefficient (Wildman–Crippen LogP) is 4.54. The Hall–Kier alpha value is -2.94. The summed E-state index contributed by atoms with van der Waals surface area (Å²) in [6, 6.07) is 19.0. The summed E-state index contributed by atoms with van der Waals surface area (Å²) in [5, 5.41) is 0. The topological polar surface area (TPSA) is 30.2 Å². The molecule has 2 aromatic heterocycles. The van der Waals surface area contributed by atoms with Crippen LogP contribution in [0.25, 0.3) is 16.9 Å². The molecule has 0 amide bonds. The normalized spacial score (nSPS) is 11.0. The van der Waals surface area contributed by atoms with Crippen LogP contribution < -0.4 is 0 Å². The van der Waals surface area contributed by atoms with Crippen molar-refractivity contribution in [2.24, 2.45) is 0 Å². The Morgan fingerprint density at radius 2 is 1.78 bits per heavy atom. The molecule has 2 aromatic carbocycles. The Bertz CT molecular complexity index is 944. The number of imidazole rings is 1. The number of hydrogen-bond donors (Lipinski definition) is 0. The van der Waals surface area contributed by atoms with E-state index in [0.29, 0.717) is 0 Å². The maximum atomic E-state index is 4.81. The zero-order valence-corrected chi connectivity index (χ0v) is 13.0. The molecule has 0 bridgehead atoms. The fourth-order valence-corrected chi connectivity index (χ4v) is 2.86. The predicted molar refractivity (Wildman–Crippen MR) is 94.5 cm³/mol. The van der Waals surface area contributed by atoms with Gasteiger partial charge in [-0.3, -0.25) is 4.98 Å². The lowest BCUT2D eigenvalue weighted by molar-refractivity contribution is 1.01. The second-order valence-corrected chi connectivity index (χ2v) is 5.74. The molecule has 4 aromatic rings. The first kappa shape index (κ1) is 13.7. The fourth-order valence-electron chi connectivity index (χ4n) is 2.86. The summed E-state index contributed by atoms with van der Waals surface area (Å²) >= 11 is 0. The van der Waals surface area contributed by atoms with Crippen molar-refractivity contribution in [3.63, 3.8) is 0 Å². The van der Waals surface area contributed by atoms with Crippen LogP contribution in [0.15, 0.2) is 73.2 Å². The first-order valence-corrected chi connectivity index (χ1v) is 7.73. The van der Waals surface area contributed by atoms with Gasteiger partial charge in [0.15, 0.2) is 5.65 Å². The summed E-state index contributed by atoms with van der Waals surface area (Å²) in [5.74, 6) is 0. The quantitative estimate of drug-likeness (QED) is 0.556. The number of nitrogens with zero attached hydrogens (tertiary/aromatic N) is 3. The van der Waals surface area contributed by atoms with Crippen LogP contribution in [0.3, 0.4) is 0 Å². The van der Waals surface area contributed by atoms with E-state index < -0.39 is 0 Å². The second kappa shape index (κ2) is 5.69. The molecule has 0 aliphatic carbocycles. The smallest absolute Gasteiger partial charge is 0.156 e. The fraction of sp³-hybridized carbons (Fsp3) is 0.100. The molecular formula is C20H19N3. The van der Waals surface area contributed by atoms with Gasteiger partial charge in [0, 0.05) is 25.8 Å². The van der Waals surface area contributed by atoms with E-state index in [1.54, 1.807) is 0 Å². The molecule has 0 radical (unpaired) electrons. The molecule has 23 heavy (non-hydrogen) atoms. The molecule has 0 unspecified atom stereocenters. The summed E-state index contributed by atoms with van der Waals surface area (Å²) in [4.78, 5) is 9.01. The van der Waals surface area contributed by atoms with Crippen LogP contribution in [0.4, 0.5) is 0 Å². The standard InChI is InChI=1S/C20H17N3.H2/c1-15-7-9-17(10-8-15)20-18(13-16-5-3-2-4-6-16)23-12-11-21-14-19(23)22-20;/h2-12,14H,13H2,1H3;1H. The van der Waals surface area contributed by atoms with Crippen molar-refractivity contribution < 1.29 is 1.43 Å². The van der Waals surface area contributed by atoms with E-state index in [2.05, 4.69) is 64.8 Å². The molecule has 3 nitrogen and oxygen atoms in total. The first-order chi connectivity index (χ1) is 11.3. The first-order valence-electron chi connectivity index (χ1n) is 7.73. The van der Waals surface area contributed by atoms with Crippen LogP contribution in [0, 0.1) is 6.92 Å². The van der Waals surface area contributed by atoms with E-state index >= 15 is 0 Å². The van der Waals surface area contributed by atoms with Gasteiger partial charge in [-0.25, -0.2) is 4.98 Å². The van der Waals surface area contributed by atoms with Gasteiger partial charge in [0.25, 0.3) is 0 Å². The van der Waals surface area contributed by atoms with Crippen LogP contribution >= 0.6 is 0 Å². The average molecular weight is 301 g/mol. The van der Waals surface area contributed by atoms with E-state index in [0.717, 1.165) is 23.3 Å². The van der Waals surface area contributed by atoms with Gasteiger partial charge in [0.1, 0.15) is 0 Å². The second-order valence-electron chi connectivity index (χ2n) is 5.74. The Labute approximate surface area is 136 Å². The monoisotopic (exact) mass is 301 g/mol. The summed E-state index contributed by atoms with van der Waals surface area (Å²) in [6.45, 7) is 2.10. The molecule has 0 fully saturated rings. The van der Waals surface area contributed by atoms with Crippen molar-refractivity contribution >= 4 is 5.65 Å². The number of aromatic nitrogens is 3. The molecule has 0 spiro atoms. The summed E-state index contributed by atoms with van der Waals surface area (Å²) in [5.41, 5.74) is 6.78. The van der Waals surface area contributed by atoms with Gasteiger partial charge >= 0.3 is 0 Å².